The van der Waals surface area contributed by atoms with Crippen molar-refractivity contribution in [2.24, 2.45) is 0 Å². The second-order valence-corrected chi connectivity index (χ2v) is 5.26. The van der Waals surface area contributed by atoms with E-state index in [1.165, 1.54) is 6.92 Å². The lowest BCUT2D eigenvalue weighted by Crippen LogP contribution is -2.02. The van der Waals surface area contributed by atoms with Crippen molar-refractivity contribution < 1.29 is 13.6 Å². The molecule has 0 saturated carbocycles. The van der Waals surface area contributed by atoms with Crippen LogP contribution in [0.15, 0.2) is 51.5 Å². The summed E-state index contributed by atoms with van der Waals surface area (Å²) < 4.78 is 11.5. The van der Waals surface area contributed by atoms with Crippen molar-refractivity contribution in [2.75, 3.05) is 0 Å². The third-order valence-corrected chi connectivity index (χ3v) is 3.81. The number of Topliss-reactive ketones (excluding diaryl/α,β-unsaturated/α-hetero) is 1. The SMILES string of the molecule is CC(=O)c1c(C)nc2c(oc3ccccc32)c1-c1ccco1. The fourth-order valence-electron chi connectivity index (χ4n) is 2.92. The molecule has 4 rings (SSSR count). The number of aryl methyl sites for hydroxylation is 1. The molecule has 0 unspecified atom stereocenters. The Morgan fingerprint density at radius 1 is 1.14 bits per heavy atom. The van der Waals surface area contributed by atoms with E-state index in [0.29, 0.717) is 28.2 Å². The van der Waals surface area contributed by atoms with Gasteiger partial charge in [-0.2, -0.15) is 0 Å². The summed E-state index contributed by atoms with van der Waals surface area (Å²) in [4.78, 5) is 16.7. The molecule has 0 radical (unpaired) electrons. The fourth-order valence-corrected chi connectivity index (χ4v) is 2.92. The third-order valence-electron chi connectivity index (χ3n) is 3.81. The molecule has 4 heteroatoms. The smallest absolute Gasteiger partial charge is 0.165 e. The highest BCUT2D eigenvalue weighted by atomic mass is 16.3. The zero-order chi connectivity index (χ0) is 15.3. The summed E-state index contributed by atoms with van der Waals surface area (Å²) in [5, 5.41) is 0.934. The second-order valence-electron chi connectivity index (χ2n) is 5.26. The molecular formula is C18H13NO3. The predicted octanol–water partition coefficient (Wildman–Crippen LogP) is 4.75. The molecular weight excluding hydrogens is 278 g/mol. The van der Waals surface area contributed by atoms with Gasteiger partial charge in [-0.25, -0.2) is 4.98 Å². The summed E-state index contributed by atoms with van der Waals surface area (Å²) in [7, 11) is 0. The van der Waals surface area contributed by atoms with Crippen molar-refractivity contribution >= 4 is 27.9 Å². The van der Waals surface area contributed by atoms with Crippen LogP contribution >= 0.6 is 0 Å². The van der Waals surface area contributed by atoms with E-state index in [1.54, 1.807) is 12.3 Å². The second kappa shape index (κ2) is 4.56. The molecule has 0 bridgehead atoms. The minimum atomic E-state index is -0.0567. The molecule has 0 fully saturated rings. The van der Waals surface area contributed by atoms with Gasteiger partial charge in [0.2, 0.25) is 0 Å². The van der Waals surface area contributed by atoms with Gasteiger partial charge in [-0.15, -0.1) is 0 Å². The minimum absolute atomic E-state index is 0.0567. The average Bonchev–Trinajstić information content (AvgIpc) is 3.13. The van der Waals surface area contributed by atoms with E-state index >= 15 is 0 Å². The Morgan fingerprint density at radius 3 is 2.68 bits per heavy atom. The normalized spacial score (nSPS) is 11.4. The van der Waals surface area contributed by atoms with Crippen molar-refractivity contribution in [3.63, 3.8) is 0 Å². The molecule has 4 nitrogen and oxygen atoms in total. The van der Waals surface area contributed by atoms with Gasteiger partial charge in [-0.3, -0.25) is 4.79 Å². The number of ketones is 1. The van der Waals surface area contributed by atoms with E-state index in [4.69, 9.17) is 8.83 Å². The maximum atomic E-state index is 12.1. The summed E-state index contributed by atoms with van der Waals surface area (Å²) in [6, 6.07) is 11.3. The fraction of sp³-hybridized carbons (Fsp3) is 0.111. The maximum absolute atomic E-state index is 12.1. The minimum Gasteiger partial charge on any atom is -0.464 e. The summed E-state index contributed by atoms with van der Waals surface area (Å²) in [5.74, 6) is 0.554. The molecule has 1 aromatic carbocycles. The molecule has 0 aliphatic heterocycles. The van der Waals surface area contributed by atoms with Gasteiger partial charge in [0.05, 0.1) is 17.4 Å². The zero-order valence-corrected chi connectivity index (χ0v) is 12.2. The molecule has 3 aromatic heterocycles. The molecule has 0 atom stereocenters. The molecule has 108 valence electrons. The number of fused-ring (bicyclic) bond motifs is 3. The van der Waals surface area contributed by atoms with Crippen molar-refractivity contribution in [1.29, 1.82) is 0 Å². The number of para-hydroxylation sites is 1. The van der Waals surface area contributed by atoms with Crippen molar-refractivity contribution in [3.8, 4) is 11.3 Å². The molecule has 0 aliphatic carbocycles. The van der Waals surface area contributed by atoms with Crippen molar-refractivity contribution in [2.45, 2.75) is 13.8 Å². The largest absolute Gasteiger partial charge is 0.464 e. The van der Waals surface area contributed by atoms with Crippen LogP contribution in [0.25, 0.3) is 33.4 Å². The first-order valence-corrected chi connectivity index (χ1v) is 7.03. The van der Waals surface area contributed by atoms with Gasteiger partial charge in [-0.05, 0) is 38.1 Å². The Balaban J connectivity index is 2.25. The maximum Gasteiger partial charge on any atom is 0.165 e. The van der Waals surface area contributed by atoms with E-state index in [-0.39, 0.29) is 5.78 Å². The molecule has 0 aliphatic rings. The van der Waals surface area contributed by atoms with E-state index < -0.39 is 0 Å². The Morgan fingerprint density at radius 2 is 1.95 bits per heavy atom. The van der Waals surface area contributed by atoms with Crippen LogP contribution in [0, 0.1) is 6.92 Å². The monoisotopic (exact) mass is 291 g/mol. The molecule has 0 saturated heterocycles. The number of furan rings is 2. The highest BCUT2D eigenvalue weighted by molar-refractivity contribution is 6.13. The zero-order valence-electron chi connectivity index (χ0n) is 12.2. The number of rotatable bonds is 2. The van der Waals surface area contributed by atoms with Crippen LogP contribution in [0.4, 0.5) is 0 Å². The lowest BCUT2D eigenvalue weighted by molar-refractivity contribution is 0.101. The van der Waals surface area contributed by atoms with Crippen LogP contribution in [0.5, 0.6) is 0 Å². The first-order valence-electron chi connectivity index (χ1n) is 7.03. The van der Waals surface area contributed by atoms with Crippen LogP contribution in [0.1, 0.15) is 23.0 Å². The van der Waals surface area contributed by atoms with Gasteiger partial charge in [0.15, 0.2) is 11.4 Å². The predicted molar refractivity (Wildman–Crippen MR) is 84.0 cm³/mol. The van der Waals surface area contributed by atoms with Crippen LogP contribution < -0.4 is 0 Å². The molecule has 0 N–H and O–H groups in total. The lowest BCUT2D eigenvalue weighted by atomic mass is 9.99. The number of pyridine rings is 1. The quantitative estimate of drug-likeness (QED) is 0.500. The number of benzene rings is 1. The van der Waals surface area contributed by atoms with Gasteiger partial charge in [0, 0.05) is 11.1 Å². The summed E-state index contributed by atoms with van der Waals surface area (Å²) in [6.45, 7) is 3.37. The number of nitrogens with zero attached hydrogens (tertiary/aromatic N) is 1. The van der Waals surface area contributed by atoms with Gasteiger partial charge in [0.1, 0.15) is 16.9 Å². The van der Waals surface area contributed by atoms with E-state index in [9.17, 15) is 4.79 Å². The van der Waals surface area contributed by atoms with Crippen LogP contribution in [0.3, 0.4) is 0 Å². The molecule has 0 spiro atoms. The first kappa shape index (κ1) is 12.8. The topological polar surface area (TPSA) is 56.2 Å². The first-order chi connectivity index (χ1) is 10.7. The highest BCUT2D eigenvalue weighted by Gasteiger charge is 2.23. The van der Waals surface area contributed by atoms with Gasteiger partial charge >= 0.3 is 0 Å². The Bertz CT molecular complexity index is 1010. The highest BCUT2D eigenvalue weighted by Crippen LogP contribution is 2.38. The third kappa shape index (κ3) is 1.70. The number of carbonyl (C=O) groups excluding carboxylic acids is 1. The van der Waals surface area contributed by atoms with Crippen molar-refractivity contribution in [3.05, 3.63) is 53.9 Å². The lowest BCUT2D eigenvalue weighted by Gasteiger charge is -2.08. The molecule has 0 amide bonds. The molecule has 3 heterocycles. The van der Waals surface area contributed by atoms with Crippen LogP contribution in [-0.2, 0) is 0 Å². The van der Waals surface area contributed by atoms with Gasteiger partial charge < -0.3 is 8.83 Å². The summed E-state index contributed by atoms with van der Waals surface area (Å²) in [6.07, 6.45) is 1.59. The van der Waals surface area contributed by atoms with Crippen LogP contribution in [-0.4, -0.2) is 10.8 Å². The number of hydrogen-bond donors (Lipinski definition) is 0. The molecule has 4 aromatic rings. The number of hydrogen-bond acceptors (Lipinski definition) is 4. The van der Waals surface area contributed by atoms with E-state index in [2.05, 4.69) is 4.98 Å². The van der Waals surface area contributed by atoms with E-state index in [1.807, 2.05) is 37.3 Å². The summed E-state index contributed by atoms with van der Waals surface area (Å²) >= 11 is 0. The van der Waals surface area contributed by atoms with Gasteiger partial charge in [-0.1, -0.05) is 12.1 Å². The standard InChI is InChI=1S/C18H13NO3/c1-10-15(11(2)20)16(14-8-5-9-21-14)18-17(19-10)12-6-3-4-7-13(12)22-18/h3-9H,1-2H3. The van der Waals surface area contributed by atoms with Crippen LogP contribution in [0.2, 0.25) is 0 Å². The Labute approximate surface area is 126 Å². The van der Waals surface area contributed by atoms with Crippen molar-refractivity contribution in [1.82, 2.24) is 4.98 Å². The van der Waals surface area contributed by atoms with Gasteiger partial charge in [0.25, 0.3) is 0 Å². The summed E-state index contributed by atoms with van der Waals surface area (Å²) in [5.41, 5.74) is 3.99. The number of carbonyl (C=O) groups is 1. The van der Waals surface area contributed by atoms with E-state index in [0.717, 1.165) is 16.5 Å². The Kier molecular flexibility index (Phi) is 2.66. The number of aromatic nitrogens is 1. The Hall–Kier alpha value is -2.88. The average molecular weight is 291 g/mol. The molecule has 22 heavy (non-hydrogen) atoms.